The normalized spacial score (nSPS) is 17.5. The average Bonchev–Trinajstić information content (AvgIpc) is 3.38. The Bertz CT molecular complexity index is 1370. The largest absolute Gasteiger partial charge is 0.392 e. The van der Waals surface area contributed by atoms with Crippen LogP contribution in [-0.2, 0) is 17.4 Å². The number of thiophene rings is 1. The lowest BCUT2D eigenvalue weighted by atomic mass is 9.80. The summed E-state index contributed by atoms with van der Waals surface area (Å²) in [5, 5.41) is 13.8. The fourth-order valence-electron chi connectivity index (χ4n) is 5.31. The number of rotatable bonds is 1. The Hall–Kier alpha value is -1.60. The van der Waals surface area contributed by atoms with Gasteiger partial charge in [0.2, 0.25) is 0 Å². The molecule has 0 saturated carbocycles. The fourth-order valence-corrected chi connectivity index (χ4v) is 9.34. The molecule has 3 aromatic heterocycles. The summed E-state index contributed by atoms with van der Waals surface area (Å²) >= 11 is 5.48. The van der Waals surface area contributed by atoms with Crippen LogP contribution in [0.25, 0.3) is 30.3 Å². The quantitative estimate of drug-likeness (QED) is 0.367. The molecule has 2 aliphatic carbocycles. The number of aromatic nitrogens is 2. The molecule has 0 bridgehead atoms. The van der Waals surface area contributed by atoms with Gasteiger partial charge in [-0.3, -0.25) is 0 Å². The fraction of sp³-hybridized carbons (Fsp3) is 0.391. The van der Waals surface area contributed by atoms with E-state index < -0.39 is 0 Å². The molecule has 0 radical (unpaired) electrons. The molecule has 6 rings (SSSR count). The molecule has 0 fully saturated rings. The van der Waals surface area contributed by atoms with Gasteiger partial charge in [-0.15, -0.1) is 34.0 Å². The molecule has 0 unspecified atom stereocenters. The number of benzene rings is 1. The van der Waals surface area contributed by atoms with Crippen molar-refractivity contribution in [2.24, 2.45) is 0 Å². The Morgan fingerprint density at radius 1 is 0.828 bits per heavy atom. The van der Waals surface area contributed by atoms with E-state index in [1.807, 2.05) is 22.7 Å². The molecule has 2 aliphatic rings. The van der Waals surface area contributed by atoms with Crippen LogP contribution in [0.3, 0.4) is 0 Å². The Labute approximate surface area is 182 Å². The molecule has 1 aromatic carbocycles. The van der Waals surface area contributed by atoms with Gasteiger partial charge in [0.1, 0.15) is 0 Å². The number of aryl methyl sites for hydroxylation is 2. The molecule has 6 heteroatoms. The topological polar surface area (TPSA) is 46.0 Å². The van der Waals surface area contributed by atoms with E-state index in [0.29, 0.717) is 0 Å². The smallest absolute Gasteiger partial charge is 0.0904 e. The molecular formula is C23H22N2OS3. The Balaban J connectivity index is 1.78. The molecule has 0 atom stereocenters. The minimum Gasteiger partial charge on any atom is -0.392 e. The molecular weight excluding hydrogens is 416 g/mol. The molecule has 3 heterocycles. The van der Waals surface area contributed by atoms with Gasteiger partial charge in [0.15, 0.2) is 0 Å². The van der Waals surface area contributed by atoms with Gasteiger partial charge in [-0.25, -0.2) is 9.97 Å². The van der Waals surface area contributed by atoms with E-state index in [0.717, 1.165) is 15.6 Å². The first-order valence-electron chi connectivity index (χ1n) is 9.87. The van der Waals surface area contributed by atoms with Crippen molar-refractivity contribution in [2.45, 2.75) is 59.0 Å². The van der Waals surface area contributed by atoms with E-state index in [4.69, 9.17) is 9.97 Å². The summed E-state index contributed by atoms with van der Waals surface area (Å²) in [6.07, 6.45) is 0. The summed E-state index contributed by atoms with van der Waals surface area (Å²) in [5.41, 5.74) is 7.10. The number of hydrogen-bond acceptors (Lipinski definition) is 6. The van der Waals surface area contributed by atoms with Gasteiger partial charge >= 0.3 is 0 Å². The minimum absolute atomic E-state index is 0.0505. The average molecular weight is 439 g/mol. The standard InChI is InChI=1S/C23H22N2OS3/c1-9-24-20-17(27-9)13-11(8-26)7-12-14-18(29-16(12)15(13)23(20,5)6)19-21(22(14,3)4)25-10(2)28-19/h7,26H,8H2,1-6H3. The maximum atomic E-state index is 10.3. The second-order valence-corrected chi connectivity index (χ2v) is 12.6. The number of thiazole rings is 2. The number of aliphatic hydroxyl groups is 1. The van der Waals surface area contributed by atoms with E-state index in [1.165, 1.54) is 52.8 Å². The maximum absolute atomic E-state index is 10.3. The summed E-state index contributed by atoms with van der Waals surface area (Å²) in [7, 11) is 0. The SMILES string of the molecule is Cc1nc2c(s1)-c1sc3c4c(c(CO)cc3c1C2(C)C)-c1sc(C)nc1C4(C)C. The lowest BCUT2D eigenvalue weighted by molar-refractivity contribution is 0.282. The van der Waals surface area contributed by atoms with Crippen LogP contribution >= 0.6 is 34.0 Å². The van der Waals surface area contributed by atoms with Crippen molar-refractivity contribution < 1.29 is 5.11 Å². The zero-order chi connectivity index (χ0) is 20.5. The third-order valence-electron chi connectivity index (χ3n) is 6.57. The maximum Gasteiger partial charge on any atom is 0.0904 e. The Morgan fingerprint density at radius 2 is 1.41 bits per heavy atom. The second kappa shape index (κ2) is 5.35. The Kier molecular flexibility index (Phi) is 3.36. The first kappa shape index (κ1) is 18.2. The zero-order valence-corrected chi connectivity index (χ0v) is 19.8. The van der Waals surface area contributed by atoms with Crippen LogP contribution < -0.4 is 0 Å². The van der Waals surface area contributed by atoms with E-state index in [9.17, 15) is 5.11 Å². The molecule has 148 valence electrons. The summed E-state index contributed by atoms with van der Waals surface area (Å²) in [6.45, 7) is 13.4. The molecule has 29 heavy (non-hydrogen) atoms. The molecule has 0 spiro atoms. The monoisotopic (exact) mass is 438 g/mol. The molecule has 0 amide bonds. The summed E-state index contributed by atoms with van der Waals surface area (Å²) < 4.78 is 1.36. The van der Waals surface area contributed by atoms with Crippen molar-refractivity contribution >= 4 is 44.1 Å². The van der Waals surface area contributed by atoms with E-state index in [1.54, 1.807) is 11.3 Å². The molecule has 4 aromatic rings. The van der Waals surface area contributed by atoms with Crippen LogP contribution in [0.1, 0.15) is 65.8 Å². The van der Waals surface area contributed by atoms with Gasteiger partial charge in [0.25, 0.3) is 0 Å². The van der Waals surface area contributed by atoms with E-state index in [2.05, 4.69) is 47.6 Å². The summed E-state index contributed by atoms with van der Waals surface area (Å²) in [4.78, 5) is 13.7. The highest BCUT2D eigenvalue weighted by molar-refractivity contribution is 7.26. The van der Waals surface area contributed by atoms with Gasteiger partial charge < -0.3 is 5.11 Å². The van der Waals surface area contributed by atoms with Crippen LogP contribution in [0, 0.1) is 13.8 Å². The lowest BCUT2D eigenvalue weighted by Gasteiger charge is -2.23. The zero-order valence-electron chi connectivity index (χ0n) is 17.4. The number of fused-ring (bicyclic) bond motifs is 9. The number of aliphatic hydroxyl groups excluding tert-OH is 1. The second-order valence-electron chi connectivity index (χ2n) is 9.20. The molecule has 3 nitrogen and oxygen atoms in total. The van der Waals surface area contributed by atoms with Gasteiger partial charge in [0.05, 0.1) is 42.6 Å². The summed E-state index contributed by atoms with van der Waals surface area (Å²) in [6, 6.07) is 2.24. The van der Waals surface area contributed by atoms with Crippen molar-refractivity contribution in [3.8, 4) is 20.2 Å². The highest BCUT2D eigenvalue weighted by Crippen LogP contribution is 2.61. The molecule has 0 aliphatic heterocycles. The van der Waals surface area contributed by atoms with E-state index >= 15 is 0 Å². The van der Waals surface area contributed by atoms with Crippen molar-refractivity contribution in [1.82, 2.24) is 9.97 Å². The predicted octanol–water partition coefficient (Wildman–Crippen LogP) is 6.54. The number of hydrogen-bond donors (Lipinski definition) is 1. The number of nitrogens with zero attached hydrogens (tertiary/aromatic N) is 2. The van der Waals surface area contributed by atoms with Crippen LogP contribution in [0.15, 0.2) is 6.07 Å². The van der Waals surface area contributed by atoms with Crippen LogP contribution in [0.5, 0.6) is 0 Å². The van der Waals surface area contributed by atoms with Crippen molar-refractivity contribution in [3.05, 3.63) is 44.2 Å². The highest BCUT2D eigenvalue weighted by Gasteiger charge is 2.46. The minimum atomic E-state index is -0.159. The third kappa shape index (κ3) is 2.01. The van der Waals surface area contributed by atoms with Crippen LogP contribution in [0.2, 0.25) is 0 Å². The van der Waals surface area contributed by atoms with Crippen LogP contribution in [0.4, 0.5) is 0 Å². The third-order valence-corrected chi connectivity index (χ3v) is 9.91. The first-order chi connectivity index (χ1) is 13.7. The van der Waals surface area contributed by atoms with Gasteiger partial charge in [-0.05, 0) is 42.0 Å². The van der Waals surface area contributed by atoms with Gasteiger partial charge in [-0.2, -0.15) is 0 Å². The van der Waals surface area contributed by atoms with Crippen molar-refractivity contribution in [3.63, 3.8) is 0 Å². The van der Waals surface area contributed by atoms with Gasteiger partial charge in [-0.1, -0.05) is 27.7 Å². The van der Waals surface area contributed by atoms with Crippen molar-refractivity contribution in [1.29, 1.82) is 0 Å². The summed E-state index contributed by atoms with van der Waals surface area (Å²) in [5.74, 6) is 0. The highest BCUT2D eigenvalue weighted by atomic mass is 32.1. The first-order valence-corrected chi connectivity index (χ1v) is 12.3. The molecule has 1 N–H and O–H groups in total. The van der Waals surface area contributed by atoms with Crippen molar-refractivity contribution in [2.75, 3.05) is 0 Å². The van der Waals surface area contributed by atoms with Crippen LogP contribution in [-0.4, -0.2) is 15.1 Å². The predicted molar refractivity (Wildman–Crippen MR) is 124 cm³/mol. The van der Waals surface area contributed by atoms with Gasteiger partial charge in [0, 0.05) is 21.1 Å². The molecule has 0 saturated heterocycles. The lowest BCUT2D eigenvalue weighted by Crippen LogP contribution is -2.18. The van der Waals surface area contributed by atoms with E-state index in [-0.39, 0.29) is 17.4 Å². The Morgan fingerprint density at radius 3 is 2.07 bits per heavy atom.